The van der Waals surface area contributed by atoms with Crippen molar-refractivity contribution in [3.8, 4) is 11.6 Å². The van der Waals surface area contributed by atoms with Crippen molar-refractivity contribution in [3.63, 3.8) is 0 Å². The lowest BCUT2D eigenvalue weighted by Gasteiger charge is -2.25. The average Bonchev–Trinajstić information content (AvgIpc) is 2.53. The van der Waals surface area contributed by atoms with Gasteiger partial charge in [-0.05, 0) is 36.8 Å². The van der Waals surface area contributed by atoms with Gasteiger partial charge in [0, 0.05) is 13.2 Å². The summed E-state index contributed by atoms with van der Waals surface area (Å²) >= 11 is 0. The van der Waals surface area contributed by atoms with Crippen molar-refractivity contribution in [2.45, 2.75) is 13.0 Å². The summed E-state index contributed by atoms with van der Waals surface area (Å²) < 4.78 is 5.13. The maximum Gasteiger partial charge on any atom is 0.259 e. The Kier molecular flexibility index (Phi) is 4.42. The van der Waals surface area contributed by atoms with Crippen LogP contribution in [0.4, 0.5) is 0 Å². The molecule has 0 aliphatic carbocycles. The second-order valence-corrected chi connectivity index (χ2v) is 4.74. The van der Waals surface area contributed by atoms with Crippen LogP contribution < -0.4 is 4.74 Å². The van der Waals surface area contributed by atoms with E-state index < -0.39 is 0 Å². The average molecular weight is 286 g/mol. The third-order valence-corrected chi connectivity index (χ3v) is 3.47. The van der Waals surface area contributed by atoms with Crippen LogP contribution in [0.1, 0.15) is 28.9 Å². The van der Waals surface area contributed by atoms with Crippen LogP contribution in [0.25, 0.3) is 0 Å². The smallest absolute Gasteiger partial charge is 0.259 e. The van der Waals surface area contributed by atoms with Gasteiger partial charge in [0.05, 0.1) is 13.2 Å². The van der Waals surface area contributed by atoms with Crippen LogP contribution in [0.3, 0.4) is 0 Å². The van der Waals surface area contributed by atoms with Crippen molar-refractivity contribution in [2.75, 3.05) is 14.2 Å². The molecule has 2 aromatic rings. The van der Waals surface area contributed by atoms with Crippen LogP contribution in [-0.4, -0.2) is 35.1 Å². The Labute approximate surface area is 123 Å². The molecule has 0 saturated carbocycles. The number of hydrogen-bond donors (Lipinski definition) is 1. The Morgan fingerprint density at radius 3 is 2.57 bits per heavy atom. The van der Waals surface area contributed by atoms with Crippen molar-refractivity contribution in [1.29, 1.82) is 0 Å². The normalized spacial score (nSPS) is 11.8. The van der Waals surface area contributed by atoms with Crippen LogP contribution in [0, 0.1) is 0 Å². The third kappa shape index (κ3) is 3.13. The molecule has 2 rings (SSSR count). The third-order valence-electron chi connectivity index (χ3n) is 3.47. The zero-order chi connectivity index (χ0) is 15.4. The maximum absolute atomic E-state index is 12.6. The monoisotopic (exact) mass is 286 g/mol. The fourth-order valence-electron chi connectivity index (χ4n) is 2.06. The molecule has 0 aliphatic heterocycles. The molecular formula is C16H18N2O3. The Bertz CT molecular complexity index is 626. The van der Waals surface area contributed by atoms with Gasteiger partial charge in [0.15, 0.2) is 0 Å². The summed E-state index contributed by atoms with van der Waals surface area (Å²) in [7, 11) is 3.22. The Morgan fingerprint density at radius 2 is 1.95 bits per heavy atom. The first-order valence-electron chi connectivity index (χ1n) is 6.59. The summed E-state index contributed by atoms with van der Waals surface area (Å²) in [6.45, 7) is 1.92. The number of carbonyl (C=O) groups is 1. The van der Waals surface area contributed by atoms with E-state index in [0.717, 1.165) is 5.56 Å². The van der Waals surface area contributed by atoms with Gasteiger partial charge in [0.2, 0.25) is 5.88 Å². The van der Waals surface area contributed by atoms with Crippen LogP contribution in [-0.2, 0) is 0 Å². The first-order chi connectivity index (χ1) is 10.0. The van der Waals surface area contributed by atoms with E-state index in [2.05, 4.69) is 4.98 Å². The molecule has 1 aromatic carbocycles. The summed E-state index contributed by atoms with van der Waals surface area (Å²) in [4.78, 5) is 18.2. The van der Waals surface area contributed by atoms with E-state index >= 15 is 0 Å². The second kappa shape index (κ2) is 6.26. The highest BCUT2D eigenvalue weighted by Crippen LogP contribution is 2.24. The maximum atomic E-state index is 12.6. The molecule has 0 fully saturated rings. The van der Waals surface area contributed by atoms with Gasteiger partial charge < -0.3 is 14.7 Å². The van der Waals surface area contributed by atoms with Crippen molar-refractivity contribution < 1.29 is 14.6 Å². The van der Waals surface area contributed by atoms with Gasteiger partial charge in [-0.2, -0.15) is 0 Å². The van der Waals surface area contributed by atoms with Crippen LogP contribution in [0.15, 0.2) is 42.6 Å². The van der Waals surface area contributed by atoms with Gasteiger partial charge in [0.1, 0.15) is 11.3 Å². The molecule has 1 atom stereocenters. The van der Waals surface area contributed by atoms with Crippen molar-refractivity contribution in [3.05, 3.63) is 53.7 Å². The van der Waals surface area contributed by atoms with Gasteiger partial charge in [-0.3, -0.25) is 4.79 Å². The molecule has 5 heteroatoms. The lowest BCUT2D eigenvalue weighted by Crippen LogP contribution is -2.30. The van der Waals surface area contributed by atoms with Crippen LogP contribution >= 0.6 is 0 Å². The Morgan fingerprint density at radius 1 is 1.29 bits per heavy atom. The molecule has 1 aromatic heterocycles. The molecule has 0 saturated heterocycles. The molecule has 21 heavy (non-hydrogen) atoms. The zero-order valence-electron chi connectivity index (χ0n) is 12.3. The first-order valence-corrected chi connectivity index (χ1v) is 6.59. The number of pyridine rings is 1. The van der Waals surface area contributed by atoms with Gasteiger partial charge in [0.25, 0.3) is 5.91 Å². The highest BCUT2D eigenvalue weighted by molar-refractivity contribution is 5.96. The molecule has 5 nitrogen and oxygen atoms in total. The van der Waals surface area contributed by atoms with E-state index in [9.17, 15) is 9.90 Å². The molecule has 0 radical (unpaired) electrons. The molecule has 0 spiro atoms. The van der Waals surface area contributed by atoms with Gasteiger partial charge >= 0.3 is 0 Å². The fourth-order valence-corrected chi connectivity index (χ4v) is 2.06. The summed E-state index contributed by atoms with van der Waals surface area (Å²) in [5.41, 5.74) is 1.36. The number of rotatable bonds is 4. The highest BCUT2D eigenvalue weighted by Gasteiger charge is 2.22. The number of amides is 1. The molecular weight excluding hydrogens is 268 g/mol. The number of aromatic nitrogens is 1. The number of aromatic hydroxyl groups is 1. The second-order valence-electron chi connectivity index (χ2n) is 4.74. The summed E-state index contributed by atoms with van der Waals surface area (Å²) in [5, 5.41) is 9.33. The van der Waals surface area contributed by atoms with E-state index in [-0.39, 0.29) is 17.7 Å². The molecule has 0 bridgehead atoms. The minimum atomic E-state index is -0.166. The standard InChI is InChI=1S/C16H18N2O3/c1-11(12-6-8-13(19)9-7-12)18(2)16(20)14-5-4-10-17-15(14)21-3/h4-11,19H,1-3H3. The number of phenolic OH excluding ortho intramolecular Hbond substituents is 1. The molecule has 1 unspecified atom stereocenters. The molecule has 110 valence electrons. The van der Waals surface area contributed by atoms with Gasteiger partial charge in [-0.15, -0.1) is 0 Å². The van der Waals surface area contributed by atoms with Crippen molar-refractivity contribution in [2.24, 2.45) is 0 Å². The highest BCUT2D eigenvalue weighted by atomic mass is 16.5. The number of benzene rings is 1. The van der Waals surface area contributed by atoms with E-state index in [0.29, 0.717) is 11.4 Å². The number of carbonyl (C=O) groups excluding carboxylic acids is 1. The quantitative estimate of drug-likeness (QED) is 0.938. The molecule has 0 aliphatic rings. The Balaban J connectivity index is 2.24. The fraction of sp³-hybridized carbons (Fsp3) is 0.250. The SMILES string of the molecule is COc1ncccc1C(=O)N(C)C(C)c1ccc(O)cc1. The minimum Gasteiger partial charge on any atom is -0.508 e. The summed E-state index contributed by atoms with van der Waals surface area (Å²) in [6, 6.07) is 10.1. The van der Waals surface area contributed by atoms with E-state index in [4.69, 9.17) is 4.74 Å². The topological polar surface area (TPSA) is 62.7 Å². The number of hydrogen-bond acceptors (Lipinski definition) is 4. The number of nitrogens with zero attached hydrogens (tertiary/aromatic N) is 2. The van der Waals surface area contributed by atoms with Gasteiger partial charge in [-0.25, -0.2) is 4.98 Å². The summed E-state index contributed by atoms with van der Waals surface area (Å²) in [5.74, 6) is 0.349. The molecule has 1 N–H and O–H groups in total. The molecule has 1 amide bonds. The number of ether oxygens (including phenoxy) is 1. The van der Waals surface area contributed by atoms with Crippen molar-refractivity contribution >= 4 is 5.91 Å². The van der Waals surface area contributed by atoms with Gasteiger partial charge in [-0.1, -0.05) is 12.1 Å². The summed E-state index contributed by atoms with van der Waals surface area (Å²) in [6.07, 6.45) is 1.58. The largest absolute Gasteiger partial charge is 0.508 e. The first kappa shape index (κ1) is 14.8. The van der Waals surface area contributed by atoms with Crippen LogP contribution in [0.5, 0.6) is 11.6 Å². The zero-order valence-corrected chi connectivity index (χ0v) is 12.3. The lowest BCUT2D eigenvalue weighted by molar-refractivity contribution is 0.0738. The number of phenols is 1. The van der Waals surface area contributed by atoms with E-state index in [1.807, 2.05) is 6.92 Å². The predicted octanol–water partition coefficient (Wildman–Crippen LogP) is 2.63. The van der Waals surface area contributed by atoms with E-state index in [1.54, 1.807) is 54.5 Å². The van der Waals surface area contributed by atoms with E-state index in [1.165, 1.54) is 7.11 Å². The molecule has 1 heterocycles. The lowest BCUT2D eigenvalue weighted by atomic mass is 10.1. The van der Waals surface area contributed by atoms with Crippen molar-refractivity contribution in [1.82, 2.24) is 9.88 Å². The number of methoxy groups -OCH3 is 1. The van der Waals surface area contributed by atoms with Crippen LogP contribution in [0.2, 0.25) is 0 Å². The Hall–Kier alpha value is -2.56. The minimum absolute atomic E-state index is 0.136. The predicted molar refractivity (Wildman–Crippen MR) is 79.4 cm³/mol.